The Kier molecular flexibility index (Phi) is 3.53. The molecule has 0 bridgehead atoms. The van der Waals surface area contributed by atoms with E-state index in [4.69, 9.17) is 4.42 Å². The molecule has 0 spiro atoms. The summed E-state index contributed by atoms with van der Waals surface area (Å²) >= 11 is 1.40. The Labute approximate surface area is 103 Å². The number of aromatic nitrogens is 2. The average molecular weight is 251 g/mol. The van der Waals surface area contributed by atoms with Crippen molar-refractivity contribution in [3.8, 4) is 0 Å². The van der Waals surface area contributed by atoms with Crippen LogP contribution in [0, 0.1) is 5.92 Å². The average Bonchev–Trinajstić information content (AvgIpc) is 2.87. The highest BCUT2D eigenvalue weighted by Gasteiger charge is 2.11. The first-order valence-corrected chi connectivity index (χ1v) is 6.12. The van der Waals surface area contributed by atoms with Crippen molar-refractivity contribution in [3.63, 3.8) is 0 Å². The second-order valence-electron chi connectivity index (χ2n) is 4.07. The van der Waals surface area contributed by atoms with Crippen LogP contribution in [0.5, 0.6) is 0 Å². The number of hydrogen-bond donors (Lipinski definition) is 1. The summed E-state index contributed by atoms with van der Waals surface area (Å²) in [4.78, 5) is 11.7. The highest BCUT2D eigenvalue weighted by molar-refractivity contribution is 7.15. The lowest BCUT2D eigenvalue weighted by Gasteiger charge is -1.98. The van der Waals surface area contributed by atoms with E-state index in [-0.39, 0.29) is 5.91 Å². The molecule has 2 rings (SSSR count). The fourth-order valence-corrected chi connectivity index (χ4v) is 2.25. The summed E-state index contributed by atoms with van der Waals surface area (Å²) in [5.74, 6) is 0.298. The number of anilines is 1. The van der Waals surface area contributed by atoms with Crippen LogP contribution in [0.1, 0.15) is 29.2 Å². The van der Waals surface area contributed by atoms with Crippen molar-refractivity contribution in [1.29, 1.82) is 0 Å². The zero-order chi connectivity index (χ0) is 12.3. The smallest absolute Gasteiger partial charge is 0.260 e. The standard InChI is InChI=1S/C11H13N3O2S/c1-7(2)5-9-13-14-11(17-9)12-10(15)8-3-4-16-6-8/h3-4,6-7H,5H2,1-2H3,(H,12,14,15). The third-order valence-electron chi connectivity index (χ3n) is 2.05. The third-order valence-corrected chi connectivity index (χ3v) is 2.91. The van der Waals surface area contributed by atoms with Crippen LogP contribution in [0.4, 0.5) is 5.13 Å². The highest BCUT2D eigenvalue weighted by Crippen LogP contribution is 2.18. The van der Waals surface area contributed by atoms with Crippen LogP contribution < -0.4 is 5.32 Å². The molecule has 0 unspecified atom stereocenters. The molecule has 2 heterocycles. The van der Waals surface area contributed by atoms with Crippen LogP contribution in [-0.2, 0) is 6.42 Å². The fraction of sp³-hybridized carbons (Fsp3) is 0.364. The molecule has 17 heavy (non-hydrogen) atoms. The predicted molar refractivity (Wildman–Crippen MR) is 65.1 cm³/mol. The van der Waals surface area contributed by atoms with Gasteiger partial charge in [0.25, 0.3) is 5.91 Å². The quantitative estimate of drug-likeness (QED) is 0.906. The van der Waals surface area contributed by atoms with Crippen molar-refractivity contribution >= 4 is 22.4 Å². The zero-order valence-corrected chi connectivity index (χ0v) is 10.5. The number of carbonyl (C=O) groups is 1. The Morgan fingerprint density at radius 1 is 1.53 bits per heavy atom. The minimum atomic E-state index is -0.231. The van der Waals surface area contributed by atoms with E-state index in [0.717, 1.165) is 11.4 Å². The van der Waals surface area contributed by atoms with Gasteiger partial charge in [-0.3, -0.25) is 10.1 Å². The lowest BCUT2D eigenvalue weighted by atomic mass is 10.1. The first-order valence-electron chi connectivity index (χ1n) is 5.31. The molecule has 1 amide bonds. The number of furan rings is 1. The Balaban J connectivity index is 1.99. The minimum Gasteiger partial charge on any atom is -0.472 e. The molecule has 0 atom stereocenters. The summed E-state index contributed by atoms with van der Waals surface area (Å²) < 4.78 is 4.84. The Morgan fingerprint density at radius 3 is 3.00 bits per heavy atom. The van der Waals surface area contributed by atoms with Crippen molar-refractivity contribution in [1.82, 2.24) is 10.2 Å². The van der Waals surface area contributed by atoms with Gasteiger partial charge >= 0.3 is 0 Å². The molecule has 0 aliphatic rings. The first-order chi connectivity index (χ1) is 8.15. The van der Waals surface area contributed by atoms with E-state index in [1.165, 1.54) is 23.9 Å². The predicted octanol–water partition coefficient (Wildman–Crippen LogP) is 2.58. The summed E-state index contributed by atoms with van der Waals surface area (Å²) in [6, 6.07) is 1.60. The van der Waals surface area contributed by atoms with Gasteiger partial charge < -0.3 is 4.42 Å². The monoisotopic (exact) mass is 251 g/mol. The normalized spacial score (nSPS) is 10.8. The Hall–Kier alpha value is -1.69. The van der Waals surface area contributed by atoms with Gasteiger partial charge in [0.05, 0.1) is 11.8 Å². The van der Waals surface area contributed by atoms with Crippen molar-refractivity contribution in [2.24, 2.45) is 5.92 Å². The topological polar surface area (TPSA) is 68.0 Å². The van der Waals surface area contributed by atoms with Gasteiger partial charge in [-0.1, -0.05) is 25.2 Å². The second kappa shape index (κ2) is 5.09. The van der Waals surface area contributed by atoms with Crippen LogP contribution in [0.3, 0.4) is 0 Å². The van der Waals surface area contributed by atoms with E-state index in [9.17, 15) is 4.79 Å². The molecule has 0 aliphatic carbocycles. The van der Waals surface area contributed by atoms with Crippen LogP contribution in [-0.4, -0.2) is 16.1 Å². The van der Waals surface area contributed by atoms with E-state index in [1.54, 1.807) is 6.07 Å². The van der Waals surface area contributed by atoms with Gasteiger partial charge in [-0.25, -0.2) is 0 Å². The Morgan fingerprint density at radius 2 is 2.35 bits per heavy atom. The number of hydrogen-bond acceptors (Lipinski definition) is 5. The number of amides is 1. The molecule has 2 aromatic heterocycles. The lowest BCUT2D eigenvalue weighted by molar-refractivity contribution is 0.102. The Bertz CT molecular complexity index is 491. The van der Waals surface area contributed by atoms with Crippen LogP contribution in [0.25, 0.3) is 0 Å². The van der Waals surface area contributed by atoms with E-state index in [0.29, 0.717) is 16.6 Å². The molecular weight excluding hydrogens is 238 g/mol. The third kappa shape index (κ3) is 3.13. The lowest BCUT2D eigenvalue weighted by Crippen LogP contribution is -2.10. The summed E-state index contributed by atoms with van der Waals surface area (Å²) in [6.45, 7) is 4.23. The number of nitrogens with zero attached hydrogens (tertiary/aromatic N) is 2. The van der Waals surface area contributed by atoms with Gasteiger partial charge in [-0.15, -0.1) is 10.2 Å². The van der Waals surface area contributed by atoms with Crippen LogP contribution >= 0.6 is 11.3 Å². The maximum absolute atomic E-state index is 11.7. The summed E-state index contributed by atoms with van der Waals surface area (Å²) in [5.41, 5.74) is 0.477. The maximum atomic E-state index is 11.7. The van der Waals surface area contributed by atoms with E-state index in [2.05, 4.69) is 29.4 Å². The van der Waals surface area contributed by atoms with Gasteiger partial charge in [-0.2, -0.15) is 0 Å². The van der Waals surface area contributed by atoms with Gasteiger partial charge in [0, 0.05) is 6.42 Å². The number of rotatable bonds is 4. The maximum Gasteiger partial charge on any atom is 0.260 e. The van der Waals surface area contributed by atoms with Gasteiger partial charge in [0.1, 0.15) is 11.3 Å². The van der Waals surface area contributed by atoms with E-state index in [1.807, 2.05) is 0 Å². The highest BCUT2D eigenvalue weighted by atomic mass is 32.1. The van der Waals surface area contributed by atoms with Crippen LogP contribution in [0.2, 0.25) is 0 Å². The van der Waals surface area contributed by atoms with Gasteiger partial charge in [0.2, 0.25) is 5.13 Å². The molecule has 5 nitrogen and oxygen atoms in total. The molecule has 6 heteroatoms. The van der Waals surface area contributed by atoms with Crippen molar-refractivity contribution in [2.45, 2.75) is 20.3 Å². The summed E-state index contributed by atoms with van der Waals surface area (Å²) in [5, 5.41) is 12.1. The number of carbonyl (C=O) groups excluding carboxylic acids is 1. The summed E-state index contributed by atoms with van der Waals surface area (Å²) in [7, 11) is 0. The molecule has 1 N–H and O–H groups in total. The molecule has 0 radical (unpaired) electrons. The molecule has 0 aromatic carbocycles. The summed E-state index contributed by atoms with van der Waals surface area (Å²) in [6.07, 6.45) is 3.73. The zero-order valence-electron chi connectivity index (χ0n) is 9.64. The first kappa shape index (κ1) is 11.8. The SMILES string of the molecule is CC(C)Cc1nnc(NC(=O)c2ccoc2)s1. The minimum absolute atomic E-state index is 0.231. The second-order valence-corrected chi connectivity index (χ2v) is 5.13. The van der Waals surface area contributed by atoms with Crippen LogP contribution in [0.15, 0.2) is 23.0 Å². The molecule has 0 saturated heterocycles. The van der Waals surface area contributed by atoms with Crippen molar-refractivity contribution < 1.29 is 9.21 Å². The molecule has 0 aliphatic heterocycles. The largest absolute Gasteiger partial charge is 0.472 e. The molecule has 2 aromatic rings. The molecule has 0 saturated carbocycles. The van der Waals surface area contributed by atoms with Gasteiger partial charge in [0.15, 0.2) is 0 Å². The molecule has 90 valence electrons. The molecular formula is C11H13N3O2S. The molecule has 0 fully saturated rings. The van der Waals surface area contributed by atoms with E-state index >= 15 is 0 Å². The van der Waals surface area contributed by atoms with Crippen molar-refractivity contribution in [2.75, 3.05) is 5.32 Å². The van der Waals surface area contributed by atoms with E-state index < -0.39 is 0 Å². The van der Waals surface area contributed by atoms with Crippen molar-refractivity contribution in [3.05, 3.63) is 29.2 Å². The fourth-order valence-electron chi connectivity index (χ4n) is 1.30. The van der Waals surface area contributed by atoms with Gasteiger partial charge in [-0.05, 0) is 12.0 Å². The number of nitrogens with one attached hydrogen (secondary N) is 1.